The Bertz CT molecular complexity index is 1540. The molecule has 10 heteroatoms. The number of hydrogen-bond donors (Lipinski definition) is 1. The van der Waals surface area contributed by atoms with E-state index in [0.29, 0.717) is 18.1 Å². The highest BCUT2D eigenvalue weighted by atomic mass is 32.1. The fraction of sp³-hybridized carbons (Fsp3) is 0.370. The van der Waals surface area contributed by atoms with Crippen LogP contribution >= 0.6 is 11.3 Å². The van der Waals surface area contributed by atoms with Crippen LogP contribution in [0.4, 0.5) is 5.95 Å². The van der Waals surface area contributed by atoms with Crippen LogP contribution < -0.4 is 5.32 Å². The number of rotatable bonds is 9. The van der Waals surface area contributed by atoms with E-state index in [1.807, 2.05) is 61.2 Å². The quantitative estimate of drug-likeness (QED) is 0.302. The van der Waals surface area contributed by atoms with E-state index in [1.54, 1.807) is 0 Å². The number of imidazole rings is 1. The van der Waals surface area contributed by atoms with Gasteiger partial charge in [-0.15, -0.1) is 0 Å². The van der Waals surface area contributed by atoms with E-state index >= 15 is 0 Å². The normalized spacial score (nSPS) is 12.2. The van der Waals surface area contributed by atoms with Crippen LogP contribution in [0.1, 0.15) is 37.8 Å². The largest absolute Gasteiger partial charge is 0.361 e. The van der Waals surface area contributed by atoms with Gasteiger partial charge in [-0.25, -0.2) is 15.0 Å². The van der Waals surface area contributed by atoms with Gasteiger partial charge in [-0.3, -0.25) is 9.20 Å². The lowest BCUT2D eigenvalue weighted by Gasteiger charge is -2.12. The number of likely N-dealkylation sites (N-methyl/N-ethyl adjacent to an activating group) is 1. The fourth-order valence-electron chi connectivity index (χ4n) is 3.94. The number of nitrogens with one attached hydrogen (secondary N) is 1. The minimum absolute atomic E-state index is 0.103. The maximum Gasteiger partial charge on any atom is 0.224 e. The molecule has 0 atom stereocenters. The van der Waals surface area contributed by atoms with Crippen molar-refractivity contribution in [1.82, 2.24) is 29.4 Å². The smallest absolute Gasteiger partial charge is 0.224 e. The summed E-state index contributed by atoms with van der Waals surface area (Å²) in [7, 11) is 4.07. The average Bonchev–Trinajstić information content (AvgIpc) is 3.54. The Hall–Kier alpha value is -3.63. The second-order valence-electron chi connectivity index (χ2n) is 10.5. The summed E-state index contributed by atoms with van der Waals surface area (Å²) in [6, 6.07) is 9.86. The summed E-state index contributed by atoms with van der Waals surface area (Å²) in [6.07, 6.45) is 4.46. The third kappa shape index (κ3) is 5.70. The summed E-state index contributed by atoms with van der Waals surface area (Å²) < 4.78 is 7.42. The maximum atomic E-state index is 12.6. The van der Waals surface area contributed by atoms with Crippen LogP contribution in [0.2, 0.25) is 0 Å². The van der Waals surface area contributed by atoms with Crippen LogP contribution in [-0.4, -0.2) is 62.4 Å². The molecule has 0 spiro atoms. The summed E-state index contributed by atoms with van der Waals surface area (Å²) in [4.78, 5) is 30.4. The number of hydrogen-bond acceptors (Lipinski definition) is 9. The number of aromatic nitrogens is 5. The average molecular weight is 518 g/mol. The Kier molecular flexibility index (Phi) is 6.78. The zero-order valence-corrected chi connectivity index (χ0v) is 22.6. The molecular formula is C27H31N7O2S. The van der Waals surface area contributed by atoms with Crippen molar-refractivity contribution < 1.29 is 9.32 Å². The molecule has 0 saturated carbocycles. The van der Waals surface area contributed by atoms with Gasteiger partial charge < -0.3 is 14.7 Å². The molecule has 0 aliphatic carbocycles. The van der Waals surface area contributed by atoms with Gasteiger partial charge in [0, 0.05) is 42.8 Å². The number of anilines is 1. The summed E-state index contributed by atoms with van der Waals surface area (Å²) >= 11 is 1.54. The van der Waals surface area contributed by atoms with Gasteiger partial charge in [0.05, 0.1) is 24.0 Å². The maximum absolute atomic E-state index is 12.6. The zero-order valence-electron chi connectivity index (χ0n) is 21.8. The lowest BCUT2D eigenvalue weighted by atomic mass is 9.93. The predicted molar refractivity (Wildman–Crippen MR) is 146 cm³/mol. The Morgan fingerprint density at radius 2 is 1.92 bits per heavy atom. The number of Topliss-reactive ketones (excluding diaryl/α,β-unsaturated/α-hetero) is 1. The molecule has 5 rings (SSSR count). The zero-order chi connectivity index (χ0) is 26.2. The van der Waals surface area contributed by atoms with Gasteiger partial charge in [0.15, 0.2) is 4.96 Å². The highest BCUT2D eigenvalue weighted by Crippen LogP contribution is 2.29. The number of carbonyl (C=O) groups excluding carboxylic acids is 1. The molecule has 0 amide bonds. The SMILES string of the molecule is CN(C)CCNc1ncc2c(n1)sc1nc(-c3ccc(CC(=O)Cc4cc(C(C)(C)C)on4)cc3)cn12. The second kappa shape index (κ2) is 10.0. The van der Waals surface area contributed by atoms with Crippen molar-refractivity contribution in [2.45, 2.75) is 39.0 Å². The van der Waals surface area contributed by atoms with E-state index in [0.717, 1.165) is 51.0 Å². The summed E-state index contributed by atoms with van der Waals surface area (Å²) in [6.45, 7) is 7.87. The van der Waals surface area contributed by atoms with E-state index in [4.69, 9.17) is 9.51 Å². The van der Waals surface area contributed by atoms with E-state index in [-0.39, 0.29) is 17.6 Å². The molecule has 0 saturated heterocycles. The number of benzene rings is 1. The first-order valence-electron chi connectivity index (χ1n) is 12.3. The van der Waals surface area contributed by atoms with Crippen molar-refractivity contribution >= 4 is 38.4 Å². The van der Waals surface area contributed by atoms with Crippen molar-refractivity contribution in [2.75, 3.05) is 32.5 Å². The summed E-state index contributed by atoms with van der Waals surface area (Å²) in [5.41, 5.74) is 4.31. The molecule has 1 aromatic carbocycles. The Morgan fingerprint density at radius 3 is 2.62 bits per heavy atom. The first kappa shape index (κ1) is 25.0. The minimum atomic E-state index is -0.128. The second-order valence-corrected chi connectivity index (χ2v) is 11.5. The highest BCUT2D eigenvalue weighted by Gasteiger charge is 2.20. The van der Waals surface area contributed by atoms with Crippen molar-refractivity contribution in [1.29, 1.82) is 0 Å². The molecular weight excluding hydrogens is 486 g/mol. The van der Waals surface area contributed by atoms with Crippen LogP contribution in [0.15, 0.2) is 47.2 Å². The molecule has 0 aliphatic heterocycles. The van der Waals surface area contributed by atoms with Crippen LogP contribution in [0, 0.1) is 0 Å². The van der Waals surface area contributed by atoms with Crippen LogP contribution in [-0.2, 0) is 23.1 Å². The Morgan fingerprint density at radius 1 is 1.14 bits per heavy atom. The molecule has 0 radical (unpaired) electrons. The van der Waals surface area contributed by atoms with E-state index in [1.165, 1.54) is 11.3 Å². The first-order valence-corrected chi connectivity index (χ1v) is 13.1. The van der Waals surface area contributed by atoms with Gasteiger partial charge in [0.1, 0.15) is 21.9 Å². The van der Waals surface area contributed by atoms with Crippen LogP contribution in [0.5, 0.6) is 0 Å². The first-order chi connectivity index (χ1) is 17.7. The topological polar surface area (TPSA) is 101 Å². The minimum Gasteiger partial charge on any atom is -0.361 e. The van der Waals surface area contributed by atoms with Gasteiger partial charge >= 0.3 is 0 Å². The van der Waals surface area contributed by atoms with Gasteiger partial charge in [0.2, 0.25) is 5.95 Å². The van der Waals surface area contributed by atoms with Crippen molar-refractivity contribution in [3.63, 3.8) is 0 Å². The molecule has 4 heterocycles. The molecule has 9 nitrogen and oxygen atoms in total. The summed E-state index contributed by atoms with van der Waals surface area (Å²) in [5, 5.41) is 7.32. The lowest BCUT2D eigenvalue weighted by Crippen LogP contribution is -2.21. The predicted octanol–water partition coefficient (Wildman–Crippen LogP) is 4.62. The van der Waals surface area contributed by atoms with E-state index < -0.39 is 0 Å². The van der Waals surface area contributed by atoms with E-state index in [9.17, 15) is 4.79 Å². The molecule has 0 unspecified atom stereocenters. The fourth-order valence-corrected chi connectivity index (χ4v) is 4.90. The van der Waals surface area contributed by atoms with Gasteiger partial charge in [-0.05, 0) is 19.7 Å². The van der Waals surface area contributed by atoms with Gasteiger partial charge in [0.25, 0.3) is 0 Å². The summed E-state index contributed by atoms with van der Waals surface area (Å²) in [5.74, 6) is 1.52. The number of nitrogens with zero attached hydrogens (tertiary/aromatic N) is 6. The molecule has 4 aromatic heterocycles. The standard InChI is InChI=1S/C27H31N7O2S/c1-27(2,3)23-14-19(32-36-23)13-20(35)12-17-6-8-18(9-7-17)21-16-34-22-15-29-25(28-10-11-33(4)5)31-24(22)37-26(34)30-21/h6-9,14-16H,10-13H2,1-5H3,(H,28,29,31). The number of thiazole rings is 1. The molecule has 5 aromatic rings. The van der Waals surface area contributed by atoms with E-state index in [2.05, 4.69) is 46.1 Å². The number of carbonyl (C=O) groups is 1. The van der Waals surface area contributed by atoms with Crippen LogP contribution in [0.3, 0.4) is 0 Å². The molecule has 37 heavy (non-hydrogen) atoms. The van der Waals surface area contributed by atoms with Crippen LogP contribution in [0.25, 0.3) is 26.6 Å². The Balaban J connectivity index is 1.25. The Labute approximate surface area is 219 Å². The lowest BCUT2D eigenvalue weighted by molar-refractivity contribution is -0.117. The monoisotopic (exact) mass is 517 g/mol. The van der Waals surface area contributed by atoms with Gasteiger partial charge in [-0.1, -0.05) is 61.5 Å². The molecule has 0 fully saturated rings. The molecule has 1 N–H and O–H groups in total. The van der Waals surface area contributed by atoms with Gasteiger partial charge in [-0.2, -0.15) is 0 Å². The molecule has 0 bridgehead atoms. The third-order valence-corrected chi connectivity index (χ3v) is 6.99. The van der Waals surface area contributed by atoms with Crippen molar-refractivity contribution in [3.05, 3.63) is 59.7 Å². The van der Waals surface area contributed by atoms with Crippen molar-refractivity contribution in [3.8, 4) is 11.3 Å². The number of ketones is 1. The molecule has 192 valence electrons. The highest BCUT2D eigenvalue weighted by molar-refractivity contribution is 7.23. The molecule has 0 aliphatic rings. The third-order valence-electron chi connectivity index (χ3n) is 6.03. The van der Waals surface area contributed by atoms with Crippen molar-refractivity contribution in [2.24, 2.45) is 0 Å². The number of fused-ring (bicyclic) bond motifs is 3.